The van der Waals surface area contributed by atoms with Crippen LogP contribution in [0.1, 0.15) is 33.3 Å². The summed E-state index contributed by atoms with van der Waals surface area (Å²) < 4.78 is 18.4. The van der Waals surface area contributed by atoms with Gasteiger partial charge in [0, 0.05) is 17.2 Å². The monoisotopic (exact) mass is 491 g/mol. The second kappa shape index (κ2) is 7.27. The number of nitrogens with one attached hydrogen (secondary N) is 1. The van der Waals surface area contributed by atoms with Crippen LogP contribution in [0.15, 0.2) is 27.6 Å². The summed E-state index contributed by atoms with van der Waals surface area (Å²) in [6.07, 6.45) is 0.792. The van der Waals surface area contributed by atoms with Crippen LogP contribution in [0, 0.1) is 0 Å². The van der Waals surface area contributed by atoms with E-state index in [2.05, 4.69) is 21.2 Å². The fourth-order valence-corrected chi connectivity index (χ4v) is 4.46. The van der Waals surface area contributed by atoms with E-state index in [1.54, 1.807) is 12.1 Å². The molecule has 11 heteroatoms. The third-order valence-corrected chi connectivity index (χ3v) is 6.32. The van der Waals surface area contributed by atoms with Crippen molar-refractivity contribution in [1.82, 2.24) is 14.8 Å². The molecular weight excluding hydrogens is 474 g/mol. The minimum atomic E-state index is -0.895. The smallest absolute Gasteiger partial charge is 0.276 e. The number of hydrogen-bond acceptors (Lipinski definition) is 7. The van der Waals surface area contributed by atoms with Gasteiger partial charge in [0.25, 0.3) is 11.8 Å². The molecule has 2 atom stereocenters. The molecule has 2 N–H and O–H groups in total. The molecule has 2 aromatic rings. The Kier molecular flexibility index (Phi) is 4.67. The summed E-state index contributed by atoms with van der Waals surface area (Å²) in [5.41, 5.74) is -0.564. The van der Waals surface area contributed by atoms with Crippen LogP contribution in [-0.2, 0) is 17.8 Å². The number of ether oxygens (including phenoxy) is 3. The summed E-state index contributed by atoms with van der Waals surface area (Å²) in [7, 11) is 0. The van der Waals surface area contributed by atoms with E-state index in [1.807, 2.05) is 6.92 Å². The van der Waals surface area contributed by atoms with Gasteiger partial charge in [0.15, 0.2) is 29.2 Å². The maximum absolute atomic E-state index is 12.8. The molecular formula is C20H18BrN3O7. The van der Waals surface area contributed by atoms with Crippen LogP contribution in [-0.4, -0.2) is 52.1 Å². The van der Waals surface area contributed by atoms with Gasteiger partial charge in [-0.1, -0.05) is 15.9 Å². The average molecular weight is 492 g/mol. The highest BCUT2D eigenvalue weighted by Gasteiger charge is 2.42. The van der Waals surface area contributed by atoms with Gasteiger partial charge in [-0.3, -0.25) is 14.4 Å². The lowest BCUT2D eigenvalue weighted by Gasteiger charge is -2.33. The van der Waals surface area contributed by atoms with Crippen LogP contribution in [0.2, 0.25) is 0 Å². The second-order valence-corrected chi connectivity index (χ2v) is 8.40. The molecule has 31 heavy (non-hydrogen) atoms. The van der Waals surface area contributed by atoms with Gasteiger partial charge in [-0.25, -0.2) is 0 Å². The van der Waals surface area contributed by atoms with Crippen molar-refractivity contribution in [2.75, 3.05) is 13.4 Å². The first-order valence-electron chi connectivity index (χ1n) is 9.62. The molecule has 1 fully saturated rings. The normalized spacial score (nSPS) is 21.1. The quantitative estimate of drug-likeness (QED) is 0.661. The number of halogens is 1. The van der Waals surface area contributed by atoms with Gasteiger partial charge in [0.05, 0.1) is 19.2 Å². The standard InChI is InChI=1S/C20H18BrN3O7/c1-9-7-29-15-6-23-5-11(17(25)18(26)16(23)20(28)24(9)15)19(27)22-4-10-2-13-14(3-12(10)21)31-8-30-13/h2-3,5,9,15,26H,4,6-8H2,1H3,(H,22,27)/t9-,15+/m0/s1. The van der Waals surface area contributed by atoms with Crippen LogP contribution < -0.4 is 20.2 Å². The Labute approximate surface area is 184 Å². The second-order valence-electron chi connectivity index (χ2n) is 7.55. The van der Waals surface area contributed by atoms with Crippen molar-refractivity contribution >= 4 is 27.7 Å². The van der Waals surface area contributed by atoms with E-state index in [0.29, 0.717) is 22.6 Å². The topological polar surface area (TPSA) is 119 Å². The molecule has 0 aliphatic carbocycles. The SMILES string of the molecule is C[C@H]1CO[C@@H]2Cn3cc(C(=O)NCc4cc5c(cc4Br)OCO5)c(=O)c(O)c3C(=O)N12. The summed E-state index contributed by atoms with van der Waals surface area (Å²) >= 11 is 3.42. The number of hydrogen-bond donors (Lipinski definition) is 2. The molecule has 0 spiro atoms. The van der Waals surface area contributed by atoms with Gasteiger partial charge in [0.1, 0.15) is 5.56 Å². The van der Waals surface area contributed by atoms with E-state index in [-0.39, 0.29) is 37.2 Å². The zero-order valence-corrected chi connectivity index (χ0v) is 18.0. The largest absolute Gasteiger partial charge is 0.503 e. The molecule has 5 rings (SSSR count). The first-order valence-corrected chi connectivity index (χ1v) is 10.4. The number of nitrogens with zero attached hydrogens (tertiary/aromatic N) is 2. The average Bonchev–Trinajstić information content (AvgIpc) is 3.34. The highest BCUT2D eigenvalue weighted by atomic mass is 79.9. The van der Waals surface area contributed by atoms with Crippen LogP contribution in [0.3, 0.4) is 0 Å². The van der Waals surface area contributed by atoms with E-state index in [4.69, 9.17) is 14.2 Å². The molecule has 1 aromatic heterocycles. The van der Waals surface area contributed by atoms with Crippen molar-refractivity contribution in [3.05, 3.63) is 49.8 Å². The molecule has 1 aromatic carbocycles. The van der Waals surface area contributed by atoms with Crippen LogP contribution in [0.4, 0.5) is 0 Å². The highest BCUT2D eigenvalue weighted by molar-refractivity contribution is 9.10. The van der Waals surface area contributed by atoms with Gasteiger partial charge >= 0.3 is 0 Å². The lowest BCUT2D eigenvalue weighted by molar-refractivity contribution is 0.00624. The molecule has 162 valence electrons. The molecule has 0 saturated carbocycles. The van der Waals surface area contributed by atoms with Gasteiger partial charge < -0.3 is 34.1 Å². The van der Waals surface area contributed by atoms with Gasteiger partial charge in [-0.15, -0.1) is 0 Å². The fourth-order valence-electron chi connectivity index (χ4n) is 4.00. The maximum Gasteiger partial charge on any atom is 0.276 e. The predicted molar refractivity (Wildman–Crippen MR) is 109 cm³/mol. The van der Waals surface area contributed by atoms with Crippen LogP contribution in [0.25, 0.3) is 0 Å². The number of aromatic hydroxyl groups is 1. The number of amides is 2. The first kappa shape index (κ1) is 19.9. The van der Waals surface area contributed by atoms with Crippen molar-refractivity contribution in [1.29, 1.82) is 0 Å². The number of fused-ring (bicyclic) bond motifs is 3. The maximum atomic E-state index is 12.8. The zero-order valence-electron chi connectivity index (χ0n) is 16.4. The molecule has 0 radical (unpaired) electrons. The summed E-state index contributed by atoms with van der Waals surface area (Å²) in [5.74, 6) is -0.739. The third-order valence-electron chi connectivity index (χ3n) is 5.59. The van der Waals surface area contributed by atoms with Crippen molar-refractivity contribution in [3.63, 3.8) is 0 Å². The minimum Gasteiger partial charge on any atom is -0.503 e. The Balaban J connectivity index is 1.41. The van der Waals surface area contributed by atoms with E-state index >= 15 is 0 Å². The Bertz CT molecular complexity index is 1180. The summed E-state index contributed by atoms with van der Waals surface area (Å²) in [4.78, 5) is 39.7. The molecule has 4 heterocycles. The molecule has 0 bridgehead atoms. The van der Waals surface area contributed by atoms with Gasteiger partial charge in [0.2, 0.25) is 12.2 Å². The van der Waals surface area contributed by atoms with Gasteiger partial charge in [-0.05, 0) is 24.6 Å². The van der Waals surface area contributed by atoms with Crippen LogP contribution in [0.5, 0.6) is 17.2 Å². The number of benzene rings is 1. The molecule has 3 aliphatic rings. The third kappa shape index (κ3) is 3.15. The molecule has 2 amide bonds. The summed E-state index contributed by atoms with van der Waals surface area (Å²) in [6, 6.07) is 3.31. The van der Waals surface area contributed by atoms with Gasteiger partial charge in [-0.2, -0.15) is 0 Å². The predicted octanol–water partition coefficient (Wildman–Crippen LogP) is 1.18. The lowest BCUT2D eigenvalue weighted by atomic mass is 10.1. The van der Waals surface area contributed by atoms with Crippen molar-refractivity contribution in [3.8, 4) is 17.2 Å². The number of carbonyl (C=O) groups is 2. The van der Waals surface area contributed by atoms with E-state index in [9.17, 15) is 19.5 Å². The molecule has 0 unspecified atom stereocenters. The minimum absolute atomic E-state index is 0.105. The number of carbonyl (C=O) groups excluding carboxylic acids is 2. The number of rotatable bonds is 3. The number of pyridine rings is 1. The Morgan fingerprint density at radius 3 is 2.81 bits per heavy atom. The zero-order chi connectivity index (χ0) is 21.9. The Hall–Kier alpha value is -3.05. The van der Waals surface area contributed by atoms with Crippen molar-refractivity contribution in [2.24, 2.45) is 0 Å². The summed E-state index contributed by atoms with van der Waals surface area (Å²) in [6.45, 7) is 2.65. The fraction of sp³-hybridized carbons (Fsp3) is 0.350. The molecule has 1 saturated heterocycles. The molecule has 3 aliphatic heterocycles. The van der Waals surface area contributed by atoms with E-state index in [1.165, 1.54) is 15.7 Å². The van der Waals surface area contributed by atoms with E-state index < -0.39 is 29.2 Å². The van der Waals surface area contributed by atoms with E-state index in [0.717, 1.165) is 5.56 Å². The van der Waals surface area contributed by atoms with Crippen LogP contribution >= 0.6 is 15.9 Å². The molecule has 10 nitrogen and oxygen atoms in total. The lowest BCUT2D eigenvalue weighted by Crippen LogP contribution is -2.49. The number of aromatic nitrogens is 1. The van der Waals surface area contributed by atoms with Crippen molar-refractivity contribution < 1.29 is 28.9 Å². The first-order chi connectivity index (χ1) is 14.8. The Morgan fingerprint density at radius 1 is 1.29 bits per heavy atom. The highest BCUT2D eigenvalue weighted by Crippen LogP contribution is 2.37. The summed E-state index contributed by atoms with van der Waals surface area (Å²) in [5, 5.41) is 13.1. The van der Waals surface area contributed by atoms with Crippen molar-refractivity contribution in [2.45, 2.75) is 32.3 Å². The Morgan fingerprint density at radius 2 is 2.03 bits per heavy atom.